The van der Waals surface area contributed by atoms with Crippen molar-refractivity contribution in [3.63, 3.8) is 0 Å². The van der Waals surface area contributed by atoms with Gasteiger partial charge in [-0.1, -0.05) is 15.9 Å². The lowest BCUT2D eigenvalue weighted by Crippen LogP contribution is -2.53. The molecule has 0 saturated carbocycles. The topological polar surface area (TPSA) is 39.5 Å². The highest BCUT2D eigenvalue weighted by Crippen LogP contribution is 2.25. The number of ether oxygens (including phenoxy) is 1. The van der Waals surface area contributed by atoms with Crippen molar-refractivity contribution in [1.29, 1.82) is 5.26 Å². The summed E-state index contributed by atoms with van der Waals surface area (Å²) in [6, 6.07) is 8.49. The fourth-order valence-electron chi connectivity index (χ4n) is 2.65. The van der Waals surface area contributed by atoms with E-state index in [-0.39, 0.29) is 5.54 Å². The van der Waals surface area contributed by atoms with Gasteiger partial charge < -0.3 is 4.74 Å². The van der Waals surface area contributed by atoms with E-state index in [0.29, 0.717) is 0 Å². The van der Waals surface area contributed by atoms with Gasteiger partial charge in [-0.05, 0) is 32.0 Å². The van der Waals surface area contributed by atoms with Crippen molar-refractivity contribution in [2.45, 2.75) is 25.9 Å². The maximum Gasteiger partial charge on any atom is 0.123 e. The summed E-state index contributed by atoms with van der Waals surface area (Å²) >= 11 is 3.52. The highest BCUT2D eigenvalue weighted by molar-refractivity contribution is 9.10. The number of hydrogen-bond acceptors (Lipinski definition) is 4. The smallest absolute Gasteiger partial charge is 0.123 e. The van der Waals surface area contributed by atoms with E-state index >= 15 is 0 Å². The lowest BCUT2D eigenvalue weighted by molar-refractivity contribution is 0.0760. The first-order valence-corrected chi connectivity index (χ1v) is 7.96. The monoisotopic (exact) mass is 351 g/mol. The van der Waals surface area contributed by atoms with Crippen molar-refractivity contribution >= 4 is 15.9 Å². The van der Waals surface area contributed by atoms with Crippen molar-refractivity contribution in [2.75, 3.05) is 33.3 Å². The quantitative estimate of drug-likeness (QED) is 0.836. The predicted molar refractivity (Wildman–Crippen MR) is 87.2 cm³/mol. The van der Waals surface area contributed by atoms with Gasteiger partial charge in [0.25, 0.3) is 0 Å². The molecule has 1 aromatic carbocycles. The van der Waals surface area contributed by atoms with Crippen LogP contribution < -0.4 is 4.74 Å². The lowest BCUT2D eigenvalue weighted by Gasteiger charge is -2.40. The Bertz CT molecular complexity index is 531. The highest BCUT2D eigenvalue weighted by atomic mass is 79.9. The first-order chi connectivity index (χ1) is 9.96. The zero-order valence-electron chi connectivity index (χ0n) is 12.9. The summed E-state index contributed by atoms with van der Waals surface area (Å²) in [5.74, 6) is 0.929. The lowest BCUT2D eigenvalue weighted by atomic mass is 10.0. The number of nitrogens with zero attached hydrogens (tertiary/aromatic N) is 3. The second-order valence-corrected chi connectivity index (χ2v) is 6.81. The minimum Gasteiger partial charge on any atom is -0.496 e. The SMILES string of the molecule is COc1ccc(Br)cc1CN1CCN(C(C)(C)C#N)CC1. The minimum atomic E-state index is -0.375. The average Bonchev–Trinajstić information content (AvgIpc) is 2.48. The predicted octanol–water partition coefficient (Wildman–Crippen LogP) is 2.88. The van der Waals surface area contributed by atoms with Crippen LogP contribution in [0.5, 0.6) is 5.75 Å². The van der Waals surface area contributed by atoms with E-state index in [4.69, 9.17) is 4.74 Å². The van der Waals surface area contributed by atoms with Crippen molar-refractivity contribution in [3.8, 4) is 11.8 Å². The van der Waals surface area contributed by atoms with Gasteiger partial charge in [0.1, 0.15) is 11.3 Å². The number of halogens is 1. The maximum atomic E-state index is 9.22. The van der Waals surface area contributed by atoms with E-state index in [9.17, 15) is 5.26 Å². The molecular formula is C16H22BrN3O. The third-order valence-corrected chi connectivity index (χ3v) is 4.57. The third-order valence-electron chi connectivity index (χ3n) is 4.07. The largest absolute Gasteiger partial charge is 0.496 e. The van der Waals surface area contributed by atoms with Gasteiger partial charge >= 0.3 is 0 Å². The summed E-state index contributed by atoms with van der Waals surface area (Å²) in [6.07, 6.45) is 0. The van der Waals surface area contributed by atoms with Crippen LogP contribution in [0.15, 0.2) is 22.7 Å². The van der Waals surface area contributed by atoms with Crippen LogP contribution in [0.1, 0.15) is 19.4 Å². The first-order valence-electron chi connectivity index (χ1n) is 7.17. The maximum absolute atomic E-state index is 9.22. The van der Waals surface area contributed by atoms with Gasteiger partial charge in [0, 0.05) is 42.8 Å². The summed E-state index contributed by atoms with van der Waals surface area (Å²) in [5, 5.41) is 9.22. The molecule has 0 atom stereocenters. The molecule has 21 heavy (non-hydrogen) atoms. The molecule has 1 saturated heterocycles. The molecule has 0 unspecified atom stereocenters. The number of hydrogen-bond donors (Lipinski definition) is 0. The molecule has 1 aromatic rings. The van der Waals surface area contributed by atoms with Crippen LogP contribution in [-0.2, 0) is 6.54 Å². The zero-order valence-corrected chi connectivity index (χ0v) is 14.5. The van der Waals surface area contributed by atoms with Crippen molar-refractivity contribution in [3.05, 3.63) is 28.2 Å². The average molecular weight is 352 g/mol. The Labute approximate surface area is 135 Å². The molecule has 4 nitrogen and oxygen atoms in total. The first kappa shape index (κ1) is 16.3. The molecule has 2 rings (SSSR count). The molecule has 114 valence electrons. The number of methoxy groups -OCH3 is 1. The van der Waals surface area contributed by atoms with Crippen molar-refractivity contribution in [1.82, 2.24) is 9.80 Å². The van der Waals surface area contributed by atoms with E-state index in [1.807, 2.05) is 26.0 Å². The highest BCUT2D eigenvalue weighted by Gasteiger charge is 2.29. The Morgan fingerprint density at radius 1 is 1.29 bits per heavy atom. The van der Waals surface area contributed by atoms with Crippen LogP contribution in [0.2, 0.25) is 0 Å². The van der Waals surface area contributed by atoms with E-state index in [0.717, 1.165) is 42.9 Å². The summed E-state index contributed by atoms with van der Waals surface area (Å²) in [7, 11) is 1.71. The van der Waals surface area contributed by atoms with Gasteiger partial charge in [-0.2, -0.15) is 5.26 Å². The second-order valence-electron chi connectivity index (χ2n) is 5.89. The fourth-order valence-corrected chi connectivity index (χ4v) is 3.06. The molecular weight excluding hydrogens is 330 g/mol. The number of nitriles is 1. The van der Waals surface area contributed by atoms with Gasteiger partial charge in [0.05, 0.1) is 13.2 Å². The standard InChI is InChI=1S/C16H22BrN3O/c1-16(2,12-18)20-8-6-19(7-9-20)11-13-10-14(17)4-5-15(13)21-3/h4-5,10H,6-9,11H2,1-3H3. The Kier molecular flexibility index (Phi) is 5.26. The van der Waals surface area contributed by atoms with Crippen LogP contribution in [0, 0.1) is 11.3 Å². The second kappa shape index (κ2) is 6.78. The molecule has 0 N–H and O–H groups in total. The molecule has 0 spiro atoms. The van der Waals surface area contributed by atoms with Gasteiger partial charge in [0.2, 0.25) is 0 Å². The van der Waals surface area contributed by atoms with Crippen molar-refractivity contribution < 1.29 is 4.74 Å². The number of benzene rings is 1. The van der Waals surface area contributed by atoms with Crippen LogP contribution in [0.3, 0.4) is 0 Å². The fraction of sp³-hybridized carbons (Fsp3) is 0.562. The Morgan fingerprint density at radius 2 is 1.95 bits per heavy atom. The molecule has 0 aromatic heterocycles. The summed E-state index contributed by atoms with van der Waals surface area (Å²) in [6.45, 7) is 8.65. The molecule has 0 radical (unpaired) electrons. The Morgan fingerprint density at radius 3 is 2.52 bits per heavy atom. The molecule has 0 bridgehead atoms. The van der Waals surface area contributed by atoms with Crippen LogP contribution in [0.4, 0.5) is 0 Å². The van der Waals surface area contributed by atoms with Crippen LogP contribution in [-0.4, -0.2) is 48.6 Å². The zero-order chi connectivity index (χ0) is 15.5. The molecule has 5 heteroatoms. The van der Waals surface area contributed by atoms with Crippen LogP contribution >= 0.6 is 15.9 Å². The van der Waals surface area contributed by atoms with E-state index in [1.54, 1.807) is 7.11 Å². The van der Waals surface area contributed by atoms with Gasteiger partial charge in [-0.25, -0.2) is 0 Å². The van der Waals surface area contributed by atoms with Crippen LogP contribution in [0.25, 0.3) is 0 Å². The molecule has 0 amide bonds. The Hall–Kier alpha value is -1.09. The van der Waals surface area contributed by atoms with Gasteiger partial charge in [-0.15, -0.1) is 0 Å². The van der Waals surface area contributed by atoms with Gasteiger partial charge in [-0.3, -0.25) is 9.80 Å². The molecule has 1 fully saturated rings. The van der Waals surface area contributed by atoms with E-state index in [1.165, 1.54) is 5.56 Å². The van der Waals surface area contributed by atoms with Gasteiger partial charge in [0.15, 0.2) is 0 Å². The molecule has 0 aliphatic carbocycles. The summed E-state index contributed by atoms with van der Waals surface area (Å²) < 4.78 is 6.51. The Balaban J connectivity index is 1.98. The molecule has 1 aliphatic heterocycles. The minimum absolute atomic E-state index is 0.375. The summed E-state index contributed by atoms with van der Waals surface area (Å²) in [4.78, 5) is 4.66. The van der Waals surface area contributed by atoms with Crippen molar-refractivity contribution in [2.24, 2.45) is 0 Å². The van der Waals surface area contributed by atoms with E-state index in [2.05, 4.69) is 37.9 Å². The normalized spacial score (nSPS) is 17.5. The third kappa shape index (κ3) is 3.97. The number of rotatable bonds is 4. The summed E-state index contributed by atoms with van der Waals surface area (Å²) in [5.41, 5.74) is 0.819. The number of piperazine rings is 1. The molecule has 1 aliphatic rings. The molecule has 1 heterocycles. The van der Waals surface area contributed by atoms with E-state index < -0.39 is 0 Å².